The number of carbonyl (C=O) groups is 1. The van der Waals surface area contributed by atoms with Gasteiger partial charge < -0.3 is 10.7 Å². The molecule has 0 bridgehead atoms. The van der Waals surface area contributed by atoms with Crippen LogP contribution >= 0.6 is 0 Å². The monoisotopic (exact) mass is 267 g/mol. The van der Waals surface area contributed by atoms with Gasteiger partial charge in [-0.3, -0.25) is 4.79 Å². The summed E-state index contributed by atoms with van der Waals surface area (Å²) in [7, 11) is 0. The molecule has 6 nitrogen and oxygen atoms in total. The quantitative estimate of drug-likeness (QED) is 0.570. The predicted molar refractivity (Wildman–Crippen MR) is 74.4 cm³/mol. The average Bonchev–Trinajstić information content (AvgIpc) is 2.53. The zero-order chi connectivity index (χ0) is 14.4. The summed E-state index contributed by atoms with van der Waals surface area (Å²) < 4.78 is 0. The number of hydrogen-bond donors (Lipinski definition) is 3. The number of nitriles is 1. The number of nitrogen functional groups attached to an aromatic ring is 1. The lowest BCUT2D eigenvalue weighted by Crippen LogP contribution is -2.23. The molecule has 1 amide bonds. The van der Waals surface area contributed by atoms with Crippen molar-refractivity contribution >= 4 is 11.7 Å². The number of aromatic nitrogens is 1. The molecule has 2 aromatic rings. The Morgan fingerprint density at radius 1 is 1.30 bits per heavy atom. The summed E-state index contributed by atoms with van der Waals surface area (Å²) in [6, 6.07) is 12.2. The SMILES string of the molecule is N#Cc1ccc(CNC(=O)c2ccnc(NN)c2)cc1. The van der Waals surface area contributed by atoms with Crippen LogP contribution in [0, 0.1) is 11.3 Å². The molecule has 0 aliphatic rings. The summed E-state index contributed by atoms with van der Waals surface area (Å²) in [4.78, 5) is 15.9. The molecule has 0 unspecified atom stereocenters. The number of anilines is 1. The van der Waals surface area contributed by atoms with Crippen molar-refractivity contribution in [2.45, 2.75) is 6.54 Å². The second kappa shape index (κ2) is 6.31. The summed E-state index contributed by atoms with van der Waals surface area (Å²) in [5.41, 5.74) is 4.37. The second-order valence-corrected chi connectivity index (χ2v) is 4.07. The number of pyridine rings is 1. The van der Waals surface area contributed by atoms with E-state index in [0.29, 0.717) is 23.5 Å². The van der Waals surface area contributed by atoms with Crippen LogP contribution in [0.4, 0.5) is 5.82 Å². The first-order valence-electron chi connectivity index (χ1n) is 5.93. The highest BCUT2D eigenvalue weighted by molar-refractivity contribution is 5.94. The Hall–Kier alpha value is -2.91. The molecule has 6 heteroatoms. The van der Waals surface area contributed by atoms with E-state index in [0.717, 1.165) is 5.56 Å². The zero-order valence-corrected chi connectivity index (χ0v) is 10.6. The van der Waals surface area contributed by atoms with Gasteiger partial charge in [-0.25, -0.2) is 10.8 Å². The molecule has 1 heterocycles. The first-order chi connectivity index (χ1) is 9.72. The topological polar surface area (TPSA) is 104 Å². The van der Waals surface area contributed by atoms with Gasteiger partial charge >= 0.3 is 0 Å². The number of nitrogens with zero attached hydrogens (tertiary/aromatic N) is 2. The standard InChI is InChI=1S/C14H13N5O/c15-8-10-1-3-11(4-2-10)9-18-14(20)12-5-6-17-13(7-12)19-16/h1-7H,9,16H2,(H,17,19)(H,18,20). The van der Waals surface area contributed by atoms with E-state index in [1.54, 1.807) is 36.4 Å². The van der Waals surface area contributed by atoms with E-state index in [4.69, 9.17) is 11.1 Å². The first-order valence-corrected chi connectivity index (χ1v) is 5.93. The molecule has 1 aromatic heterocycles. The number of hydrazine groups is 1. The number of rotatable bonds is 4. The molecular formula is C14H13N5O. The lowest BCUT2D eigenvalue weighted by molar-refractivity contribution is 0.0951. The minimum Gasteiger partial charge on any atom is -0.348 e. The molecule has 100 valence electrons. The van der Waals surface area contributed by atoms with Crippen LogP contribution in [-0.2, 0) is 6.54 Å². The lowest BCUT2D eigenvalue weighted by Gasteiger charge is -2.06. The lowest BCUT2D eigenvalue weighted by atomic mass is 10.1. The number of benzene rings is 1. The third-order valence-corrected chi connectivity index (χ3v) is 2.71. The van der Waals surface area contributed by atoms with Gasteiger partial charge in [0.2, 0.25) is 0 Å². The maximum Gasteiger partial charge on any atom is 0.251 e. The maximum atomic E-state index is 11.9. The molecule has 2 rings (SSSR count). The Balaban J connectivity index is 1.99. The van der Waals surface area contributed by atoms with Crippen LogP contribution in [0.2, 0.25) is 0 Å². The van der Waals surface area contributed by atoms with Crippen molar-refractivity contribution in [2.24, 2.45) is 5.84 Å². The minimum atomic E-state index is -0.215. The van der Waals surface area contributed by atoms with Gasteiger partial charge in [-0.15, -0.1) is 0 Å². The van der Waals surface area contributed by atoms with Crippen LogP contribution in [-0.4, -0.2) is 10.9 Å². The second-order valence-electron chi connectivity index (χ2n) is 4.07. The number of amides is 1. The first kappa shape index (κ1) is 13.5. The third kappa shape index (κ3) is 3.31. The highest BCUT2D eigenvalue weighted by Crippen LogP contribution is 2.07. The Morgan fingerprint density at radius 3 is 2.70 bits per heavy atom. The Morgan fingerprint density at radius 2 is 2.05 bits per heavy atom. The van der Waals surface area contributed by atoms with E-state index in [-0.39, 0.29) is 5.91 Å². The molecular weight excluding hydrogens is 254 g/mol. The highest BCUT2D eigenvalue weighted by Gasteiger charge is 2.06. The smallest absolute Gasteiger partial charge is 0.251 e. The largest absolute Gasteiger partial charge is 0.348 e. The number of carbonyl (C=O) groups excluding carboxylic acids is 1. The summed E-state index contributed by atoms with van der Waals surface area (Å²) >= 11 is 0. The molecule has 1 aromatic carbocycles. The van der Waals surface area contributed by atoms with Crippen molar-refractivity contribution in [3.8, 4) is 6.07 Å². The Labute approximate surface area is 116 Å². The molecule has 0 saturated carbocycles. The van der Waals surface area contributed by atoms with Crippen LogP contribution in [0.1, 0.15) is 21.5 Å². The zero-order valence-electron chi connectivity index (χ0n) is 10.6. The summed E-state index contributed by atoms with van der Waals surface area (Å²) in [6.07, 6.45) is 1.51. The van der Waals surface area contributed by atoms with Crippen LogP contribution < -0.4 is 16.6 Å². The van der Waals surface area contributed by atoms with Crippen molar-refractivity contribution in [1.82, 2.24) is 10.3 Å². The Bertz CT molecular complexity index is 645. The van der Waals surface area contributed by atoms with Crippen LogP contribution in [0.25, 0.3) is 0 Å². The molecule has 0 spiro atoms. The predicted octanol–water partition coefficient (Wildman–Crippen LogP) is 1.17. The van der Waals surface area contributed by atoms with Gasteiger partial charge in [0.1, 0.15) is 5.82 Å². The summed E-state index contributed by atoms with van der Waals surface area (Å²) in [5, 5.41) is 11.5. The number of nitrogens with one attached hydrogen (secondary N) is 2. The van der Waals surface area contributed by atoms with Gasteiger partial charge in [0, 0.05) is 18.3 Å². The summed E-state index contributed by atoms with van der Waals surface area (Å²) in [5.74, 6) is 5.45. The van der Waals surface area contributed by atoms with Crippen LogP contribution in [0.15, 0.2) is 42.6 Å². The molecule has 0 fully saturated rings. The van der Waals surface area contributed by atoms with E-state index in [1.807, 2.05) is 6.07 Å². The third-order valence-electron chi connectivity index (χ3n) is 2.71. The van der Waals surface area contributed by atoms with E-state index in [9.17, 15) is 4.79 Å². The van der Waals surface area contributed by atoms with Gasteiger partial charge in [0.25, 0.3) is 5.91 Å². The van der Waals surface area contributed by atoms with E-state index < -0.39 is 0 Å². The van der Waals surface area contributed by atoms with Crippen molar-refractivity contribution in [3.63, 3.8) is 0 Å². The molecule has 20 heavy (non-hydrogen) atoms. The van der Waals surface area contributed by atoms with Crippen molar-refractivity contribution in [1.29, 1.82) is 5.26 Å². The molecule has 0 radical (unpaired) electrons. The van der Waals surface area contributed by atoms with E-state index >= 15 is 0 Å². The normalized spacial score (nSPS) is 9.60. The fourth-order valence-electron chi connectivity index (χ4n) is 1.63. The summed E-state index contributed by atoms with van der Waals surface area (Å²) in [6.45, 7) is 0.387. The Kier molecular flexibility index (Phi) is 4.27. The van der Waals surface area contributed by atoms with E-state index in [2.05, 4.69) is 15.7 Å². The van der Waals surface area contributed by atoms with Gasteiger partial charge in [-0.2, -0.15) is 5.26 Å². The van der Waals surface area contributed by atoms with Crippen molar-refractivity contribution in [3.05, 3.63) is 59.3 Å². The average molecular weight is 267 g/mol. The minimum absolute atomic E-state index is 0.215. The van der Waals surface area contributed by atoms with Gasteiger partial charge in [0.05, 0.1) is 11.6 Å². The van der Waals surface area contributed by atoms with Gasteiger partial charge in [-0.1, -0.05) is 12.1 Å². The van der Waals surface area contributed by atoms with Crippen LogP contribution in [0.3, 0.4) is 0 Å². The van der Waals surface area contributed by atoms with E-state index in [1.165, 1.54) is 6.20 Å². The number of hydrogen-bond acceptors (Lipinski definition) is 5. The fourth-order valence-corrected chi connectivity index (χ4v) is 1.63. The molecule has 0 aliphatic heterocycles. The van der Waals surface area contributed by atoms with Crippen molar-refractivity contribution < 1.29 is 4.79 Å². The maximum absolute atomic E-state index is 11.9. The molecule has 0 saturated heterocycles. The number of nitrogens with two attached hydrogens (primary N) is 1. The van der Waals surface area contributed by atoms with Crippen LogP contribution in [0.5, 0.6) is 0 Å². The molecule has 0 atom stereocenters. The fraction of sp³-hybridized carbons (Fsp3) is 0.0714. The van der Waals surface area contributed by atoms with Crippen molar-refractivity contribution in [2.75, 3.05) is 5.43 Å². The highest BCUT2D eigenvalue weighted by atomic mass is 16.1. The van der Waals surface area contributed by atoms with Gasteiger partial charge in [0.15, 0.2) is 0 Å². The van der Waals surface area contributed by atoms with Gasteiger partial charge in [-0.05, 0) is 29.8 Å². The molecule has 0 aliphatic carbocycles. The molecule has 4 N–H and O–H groups in total.